The van der Waals surface area contributed by atoms with E-state index in [1.54, 1.807) is 0 Å². The summed E-state index contributed by atoms with van der Waals surface area (Å²) < 4.78 is 0. The third kappa shape index (κ3) is 5.36. The monoisotopic (exact) mass is 317 g/mol. The second-order valence-corrected chi connectivity index (χ2v) is 6.51. The van der Waals surface area contributed by atoms with E-state index in [0.29, 0.717) is 5.92 Å². The number of hydrogen-bond donors (Lipinski definition) is 3. The number of amides is 2. The number of carbonyl (C=O) groups is 2. The Morgan fingerprint density at radius 1 is 1.30 bits per heavy atom. The molecule has 2 amide bonds. The van der Waals surface area contributed by atoms with Crippen LogP contribution < -0.4 is 16.0 Å². The molecule has 0 radical (unpaired) electrons. The van der Waals surface area contributed by atoms with Gasteiger partial charge in [0.2, 0.25) is 11.8 Å². The average molecular weight is 317 g/mol. The van der Waals surface area contributed by atoms with Crippen molar-refractivity contribution in [2.75, 3.05) is 13.1 Å². The van der Waals surface area contributed by atoms with Gasteiger partial charge in [-0.05, 0) is 37.9 Å². The lowest BCUT2D eigenvalue weighted by atomic mass is 9.94. The quantitative estimate of drug-likeness (QED) is 0.774. The van der Waals surface area contributed by atoms with Crippen molar-refractivity contribution in [2.45, 2.75) is 45.7 Å². The molecule has 126 valence electrons. The van der Waals surface area contributed by atoms with Gasteiger partial charge >= 0.3 is 0 Å². The number of piperidine rings is 1. The number of rotatable bonds is 5. The molecule has 0 bridgehead atoms. The van der Waals surface area contributed by atoms with Gasteiger partial charge in [-0.25, -0.2) is 0 Å². The summed E-state index contributed by atoms with van der Waals surface area (Å²) in [5, 5.41) is 9.33. The van der Waals surface area contributed by atoms with Crippen LogP contribution in [0.25, 0.3) is 0 Å². The van der Waals surface area contributed by atoms with Crippen LogP contribution in [0.2, 0.25) is 0 Å². The predicted octanol–water partition coefficient (Wildman–Crippen LogP) is 1.68. The smallest absolute Gasteiger partial charge is 0.222 e. The zero-order valence-corrected chi connectivity index (χ0v) is 14.2. The van der Waals surface area contributed by atoms with Gasteiger partial charge in [-0.15, -0.1) is 0 Å². The highest BCUT2D eigenvalue weighted by Gasteiger charge is 2.24. The minimum atomic E-state index is -0.287. The van der Waals surface area contributed by atoms with Gasteiger partial charge in [-0.1, -0.05) is 36.8 Å². The van der Waals surface area contributed by atoms with Crippen molar-refractivity contribution in [2.24, 2.45) is 5.92 Å². The topological polar surface area (TPSA) is 70.2 Å². The average Bonchev–Trinajstić information content (AvgIpc) is 2.49. The first-order valence-corrected chi connectivity index (χ1v) is 8.29. The van der Waals surface area contributed by atoms with Crippen molar-refractivity contribution in [3.8, 4) is 0 Å². The molecular formula is C18H27N3O2. The Balaban J connectivity index is 2.00. The van der Waals surface area contributed by atoms with E-state index >= 15 is 0 Å². The van der Waals surface area contributed by atoms with Crippen LogP contribution >= 0.6 is 0 Å². The maximum absolute atomic E-state index is 12.4. The van der Waals surface area contributed by atoms with Crippen LogP contribution in [-0.4, -0.2) is 30.9 Å². The Morgan fingerprint density at radius 3 is 2.61 bits per heavy atom. The number of aryl methyl sites for hydroxylation is 1. The summed E-state index contributed by atoms with van der Waals surface area (Å²) >= 11 is 0. The zero-order valence-electron chi connectivity index (χ0n) is 14.2. The highest BCUT2D eigenvalue weighted by Crippen LogP contribution is 2.18. The predicted molar refractivity (Wildman–Crippen MR) is 90.9 cm³/mol. The molecule has 1 saturated heterocycles. The lowest BCUT2D eigenvalue weighted by molar-refractivity contribution is -0.123. The van der Waals surface area contributed by atoms with Gasteiger partial charge in [0.05, 0.1) is 12.5 Å². The number of nitrogens with one attached hydrogen (secondary N) is 3. The maximum Gasteiger partial charge on any atom is 0.222 e. The molecule has 0 aliphatic carbocycles. The highest BCUT2D eigenvalue weighted by molar-refractivity contribution is 5.79. The standard InChI is InChI=1S/C18H27N3O2/c1-12-4-6-15(7-5-12)17(20-14(3)22)10-18(23)21-16-8-9-19-11-13(16)2/h4-7,13,16-17,19H,8-11H2,1-3H3,(H,20,22)(H,21,23). The minimum absolute atomic E-state index is 0.0110. The first kappa shape index (κ1) is 17.5. The van der Waals surface area contributed by atoms with Crippen LogP contribution in [0, 0.1) is 12.8 Å². The van der Waals surface area contributed by atoms with Crippen molar-refractivity contribution in [1.82, 2.24) is 16.0 Å². The summed E-state index contributed by atoms with van der Waals surface area (Å²) in [7, 11) is 0. The summed E-state index contributed by atoms with van der Waals surface area (Å²) in [5.41, 5.74) is 2.11. The largest absolute Gasteiger partial charge is 0.353 e. The van der Waals surface area contributed by atoms with E-state index in [-0.39, 0.29) is 30.3 Å². The van der Waals surface area contributed by atoms with E-state index < -0.39 is 0 Å². The van der Waals surface area contributed by atoms with E-state index in [1.165, 1.54) is 6.92 Å². The van der Waals surface area contributed by atoms with E-state index in [9.17, 15) is 9.59 Å². The summed E-state index contributed by atoms with van der Waals surface area (Å²) in [6.45, 7) is 7.50. The minimum Gasteiger partial charge on any atom is -0.353 e. The second-order valence-electron chi connectivity index (χ2n) is 6.51. The molecule has 1 heterocycles. The lowest BCUT2D eigenvalue weighted by Gasteiger charge is -2.30. The molecule has 1 aromatic carbocycles. The van der Waals surface area contributed by atoms with Crippen molar-refractivity contribution in [3.05, 3.63) is 35.4 Å². The normalized spacial score (nSPS) is 22.2. The molecule has 5 nitrogen and oxygen atoms in total. The van der Waals surface area contributed by atoms with Gasteiger partial charge in [-0.3, -0.25) is 9.59 Å². The molecule has 1 aliphatic rings. The molecule has 3 N–H and O–H groups in total. The zero-order chi connectivity index (χ0) is 16.8. The first-order valence-electron chi connectivity index (χ1n) is 8.29. The third-order valence-electron chi connectivity index (χ3n) is 4.38. The summed E-state index contributed by atoms with van der Waals surface area (Å²) in [6.07, 6.45) is 1.21. The molecule has 1 aromatic rings. The fourth-order valence-electron chi connectivity index (χ4n) is 2.98. The van der Waals surface area contributed by atoms with Crippen LogP contribution in [0.4, 0.5) is 0 Å². The third-order valence-corrected chi connectivity index (χ3v) is 4.38. The second kappa shape index (κ2) is 8.11. The van der Waals surface area contributed by atoms with Crippen molar-refractivity contribution in [1.29, 1.82) is 0 Å². The van der Waals surface area contributed by atoms with E-state index in [4.69, 9.17) is 0 Å². The summed E-state index contributed by atoms with van der Waals surface area (Å²) in [5.74, 6) is 0.285. The van der Waals surface area contributed by atoms with E-state index in [0.717, 1.165) is 30.6 Å². The molecule has 0 aromatic heterocycles. The van der Waals surface area contributed by atoms with E-state index in [2.05, 4.69) is 22.9 Å². The lowest BCUT2D eigenvalue weighted by Crippen LogP contribution is -2.49. The molecule has 3 unspecified atom stereocenters. The summed E-state index contributed by atoms with van der Waals surface area (Å²) in [6, 6.07) is 7.85. The van der Waals surface area contributed by atoms with Crippen LogP contribution in [0.15, 0.2) is 24.3 Å². The molecule has 0 saturated carbocycles. The molecule has 3 atom stereocenters. The molecule has 5 heteroatoms. The van der Waals surface area contributed by atoms with Gasteiger partial charge in [0.25, 0.3) is 0 Å². The van der Waals surface area contributed by atoms with Crippen molar-refractivity contribution < 1.29 is 9.59 Å². The summed E-state index contributed by atoms with van der Waals surface area (Å²) in [4.78, 5) is 23.9. The highest BCUT2D eigenvalue weighted by atomic mass is 16.2. The Bertz CT molecular complexity index is 542. The van der Waals surface area contributed by atoms with Crippen LogP contribution in [0.1, 0.15) is 43.9 Å². The van der Waals surface area contributed by atoms with Gasteiger partial charge in [0.15, 0.2) is 0 Å². The van der Waals surface area contributed by atoms with Crippen LogP contribution in [0.5, 0.6) is 0 Å². The maximum atomic E-state index is 12.4. The molecule has 23 heavy (non-hydrogen) atoms. The molecule has 1 aliphatic heterocycles. The van der Waals surface area contributed by atoms with Gasteiger partial charge in [-0.2, -0.15) is 0 Å². The van der Waals surface area contributed by atoms with Crippen LogP contribution in [0.3, 0.4) is 0 Å². The fourth-order valence-corrected chi connectivity index (χ4v) is 2.98. The first-order chi connectivity index (χ1) is 11.0. The molecule has 1 fully saturated rings. The molecular weight excluding hydrogens is 290 g/mol. The molecule has 0 spiro atoms. The Kier molecular flexibility index (Phi) is 6.16. The van der Waals surface area contributed by atoms with Crippen LogP contribution in [-0.2, 0) is 9.59 Å². The Hall–Kier alpha value is -1.88. The Labute approximate surface area is 138 Å². The fraction of sp³-hybridized carbons (Fsp3) is 0.556. The van der Waals surface area contributed by atoms with Gasteiger partial charge in [0.1, 0.15) is 0 Å². The molecule has 2 rings (SSSR count). The van der Waals surface area contributed by atoms with Gasteiger partial charge < -0.3 is 16.0 Å². The number of hydrogen-bond acceptors (Lipinski definition) is 3. The Morgan fingerprint density at radius 2 is 2.00 bits per heavy atom. The number of carbonyl (C=O) groups excluding carboxylic acids is 2. The number of benzene rings is 1. The van der Waals surface area contributed by atoms with Crippen molar-refractivity contribution in [3.63, 3.8) is 0 Å². The SMILES string of the molecule is CC(=O)NC(CC(=O)NC1CCNCC1C)c1ccc(C)cc1. The van der Waals surface area contributed by atoms with Gasteiger partial charge in [0, 0.05) is 13.0 Å². The van der Waals surface area contributed by atoms with E-state index in [1.807, 2.05) is 31.2 Å². The van der Waals surface area contributed by atoms with Crippen molar-refractivity contribution >= 4 is 11.8 Å².